The quantitative estimate of drug-likeness (QED) is 0.740. The van der Waals surface area contributed by atoms with Crippen molar-refractivity contribution in [2.75, 3.05) is 20.3 Å². The Bertz CT molecular complexity index is 228. The van der Waals surface area contributed by atoms with E-state index in [2.05, 4.69) is 21.6 Å². The molecule has 1 heterocycles. The minimum atomic E-state index is 0.355. The van der Waals surface area contributed by atoms with Crippen molar-refractivity contribution in [3.63, 3.8) is 0 Å². The summed E-state index contributed by atoms with van der Waals surface area (Å²) >= 11 is 1.45. The zero-order valence-electron chi connectivity index (χ0n) is 8.69. The zero-order chi connectivity index (χ0) is 10.2. The van der Waals surface area contributed by atoms with Crippen LogP contribution in [-0.2, 0) is 11.2 Å². The monoisotopic (exact) mass is 215 g/mol. The fraction of sp³-hybridized carbons (Fsp3) is 0.778. The Balaban J connectivity index is 2.34. The molecule has 1 aromatic heterocycles. The number of nitrogens with zero attached hydrogens (tertiary/aromatic N) is 2. The third kappa shape index (κ3) is 4.13. The highest BCUT2D eigenvalue weighted by molar-refractivity contribution is 7.05. The Hall–Kier alpha value is -0.520. The van der Waals surface area contributed by atoms with E-state index in [1.807, 2.05) is 0 Å². The van der Waals surface area contributed by atoms with Crippen molar-refractivity contribution in [3.8, 4) is 0 Å². The standard InChI is InChI=1S/C9H17N3OS/c1-3-4-10-8(6-13-2)5-9-11-7-12-14-9/h7-8,10H,3-6H2,1-2H3. The summed E-state index contributed by atoms with van der Waals surface area (Å²) in [7, 11) is 1.72. The molecule has 0 aliphatic carbocycles. The van der Waals surface area contributed by atoms with Gasteiger partial charge in [0, 0.05) is 19.6 Å². The van der Waals surface area contributed by atoms with Crippen LogP contribution in [0.4, 0.5) is 0 Å². The Kier molecular flexibility index (Phi) is 5.66. The van der Waals surface area contributed by atoms with E-state index in [9.17, 15) is 0 Å². The van der Waals surface area contributed by atoms with Gasteiger partial charge in [0.25, 0.3) is 0 Å². The summed E-state index contributed by atoms with van der Waals surface area (Å²) in [5, 5.41) is 4.49. The maximum atomic E-state index is 5.14. The average molecular weight is 215 g/mol. The largest absolute Gasteiger partial charge is 0.383 e. The van der Waals surface area contributed by atoms with E-state index in [0.717, 1.165) is 31.0 Å². The lowest BCUT2D eigenvalue weighted by molar-refractivity contribution is 0.166. The first-order valence-electron chi connectivity index (χ1n) is 4.84. The lowest BCUT2D eigenvalue weighted by Crippen LogP contribution is -2.35. The van der Waals surface area contributed by atoms with Gasteiger partial charge < -0.3 is 10.1 Å². The minimum absolute atomic E-state index is 0.355. The summed E-state index contributed by atoms with van der Waals surface area (Å²) in [5.41, 5.74) is 0. The first kappa shape index (κ1) is 11.6. The summed E-state index contributed by atoms with van der Waals surface area (Å²) in [5.74, 6) is 0. The van der Waals surface area contributed by atoms with E-state index in [0.29, 0.717) is 6.04 Å². The molecule has 0 amide bonds. The van der Waals surface area contributed by atoms with Gasteiger partial charge in [0.05, 0.1) is 6.61 Å². The van der Waals surface area contributed by atoms with Crippen LogP contribution < -0.4 is 5.32 Å². The molecule has 1 N–H and O–H groups in total. The number of ether oxygens (including phenoxy) is 1. The fourth-order valence-electron chi connectivity index (χ4n) is 1.24. The second-order valence-corrected chi connectivity index (χ2v) is 4.01. The van der Waals surface area contributed by atoms with Gasteiger partial charge in [-0.25, -0.2) is 4.98 Å². The van der Waals surface area contributed by atoms with Crippen LogP contribution in [0.25, 0.3) is 0 Å². The smallest absolute Gasteiger partial charge is 0.129 e. The predicted molar refractivity (Wildman–Crippen MR) is 57.6 cm³/mol. The normalized spacial score (nSPS) is 13.0. The van der Waals surface area contributed by atoms with Crippen molar-refractivity contribution in [1.82, 2.24) is 14.7 Å². The van der Waals surface area contributed by atoms with Gasteiger partial charge in [-0.2, -0.15) is 4.37 Å². The van der Waals surface area contributed by atoms with Crippen LogP contribution in [0.1, 0.15) is 18.4 Å². The van der Waals surface area contributed by atoms with Crippen LogP contribution in [-0.4, -0.2) is 35.7 Å². The number of hydrogen-bond acceptors (Lipinski definition) is 5. The molecule has 14 heavy (non-hydrogen) atoms. The molecule has 0 aromatic carbocycles. The van der Waals surface area contributed by atoms with Crippen molar-refractivity contribution in [3.05, 3.63) is 11.3 Å². The minimum Gasteiger partial charge on any atom is -0.383 e. The molecule has 1 atom stereocenters. The first-order chi connectivity index (χ1) is 6.86. The van der Waals surface area contributed by atoms with Crippen molar-refractivity contribution >= 4 is 11.5 Å². The van der Waals surface area contributed by atoms with Crippen LogP contribution in [0.2, 0.25) is 0 Å². The third-order valence-corrected chi connectivity index (χ3v) is 2.56. The molecule has 4 nitrogen and oxygen atoms in total. The molecule has 0 fully saturated rings. The molecule has 80 valence electrons. The lowest BCUT2D eigenvalue weighted by atomic mass is 10.2. The number of methoxy groups -OCH3 is 1. The summed E-state index contributed by atoms with van der Waals surface area (Å²) in [6.45, 7) is 3.90. The third-order valence-electron chi connectivity index (χ3n) is 1.88. The maximum absolute atomic E-state index is 5.14. The Morgan fingerprint density at radius 3 is 3.07 bits per heavy atom. The van der Waals surface area contributed by atoms with E-state index in [1.54, 1.807) is 13.4 Å². The molecule has 5 heteroatoms. The average Bonchev–Trinajstić information content (AvgIpc) is 2.67. The molecular formula is C9H17N3OS. The van der Waals surface area contributed by atoms with Gasteiger partial charge in [-0.1, -0.05) is 6.92 Å². The summed E-state index contributed by atoms with van der Waals surface area (Å²) in [6, 6.07) is 0.355. The van der Waals surface area contributed by atoms with Crippen LogP contribution in [0.15, 0.2) is 6.33 Å². The fourth-order valence-corrected chi connectivity index (χ4v) is 1.82. The number of hydrogen-bond donors (Lipinski definition) is 1. The SMILES string of the molecule is CCCNC(COC)Cc1ncns1. The second-order valence-electron chi connectivity index (χ2n) is 3.15. The van der Waals surface area contributed by atoms with Gasteiger partial charge >= 0.3 is 0 Å². The van der Waals surface area contributed by atoms with Gasteiger partial charge in [0.2, 0.25) is 0 Å². The van der Waals surface area contributed by atoms with E-state index in [4.69, 9.17) is 4.74 Å². The molecule has 0 saturated heterocycles. The molecule has 0 bridgehead atoms. The Morgan fingerprint density at radius 1 is 1.64 bits per heavy atom. The van der Waals surface area contributed by atoms with Crippen molar-refractivity contribution in [2.24, 2.45) is 0 Å². The highest BCUT2D eigenvalue weighted by atomic mass is 32.1. The van der Waals surface area contributed by atoms with E-state index < -0.39 is 0 Å². The molecule has 1 unspecified atom stereocenters. The highest BCUT2D eigenvalue weighted by Crippen LogP contribution is 2.04. The topological polar surface area (TPSA) is 47.0 Å². The summed E-state index contributed by atoms with van der Waals surface area (Å²) in [6.07, 6.45) is 3.64. The second kappa shape index (κ2) is 6.86. The van der Waals surface area contributed by atoms with Crippen molar-refractivity contribution in [1.29, 1.82) is 0 Å². The van der Waals surface area contributed by atoms with Crippen molar-refractivity contribution < 1.29 is 4.74 Å². The van der Waals surface area contributed by atoms with Gasteiger partial charge in [-0.3, -0.25) is 0 Å². The van der Waals surface area contributed by atoms with Gasteiger partial charge in [0.1, 0.15) is 11.3 Å². The molecule has 1 rings (SSSR count). The van der Waals surface area contributed by atoms with E-state index >= 15 is 0 Å². The first-order valence-corrected chi connectivity index (χ1v) is 5.62. The Morgan fingerprint density at radius 2 is 2.50 bits per heavy atom. The van der Waals surface area contributed by atoms with Crippen LogP contribution >= 0.6 is 11.5 Å². The highest BCUT2D eigenvalue weighted by Gasteiger charge is 2.10. The van der Waals surface area contributed by atoms with Gasteiger partial charge in [-0.05, 0) is 24.5 Å². The van der Waals surface area contributed by atoms with Crippen molar-refractivity contribution in [2.45, 2.75) is 25.8 Å². The zero-order valence-corrected chi connectivity index (χ0v) is 9.51. The van der Waals surface area contributed by atoms with Crippen LogP contribution in [0.3, 0.4) is 0 Å². The van der Waals surface area contributed by atoms with Gasteiger partial charge in [-0.15, -0.1) is 0 Å². The van der Waals surface area contributed by atoms with Crippen LogP contribution in [0, 0.1) is 0 Å². The predicted octanol–water partition coefficient (Wildman–Crippen LogP) is 1.10. The van der Waals surface area contributed by atoms with Gasteiger partial charge in [0.15, 0.2) is 0 Å². The molecule has 1 aromatic rings. The molecule has 0 saturated carbocycles. The van der Waals surface area contributed by atoms with E-state index in [1.165, 1.54) is 11.5 Å². The number of rotatable bonds is 7. The molecule has 0 aliphatic heterocycles. The summed E-state index contributed by atoms with van der Waals surface area (Å²) in [4.78, 5) is 4.16. The van der Waals surface area contributed by atoms with Crippen LogP contribution in [0.5, 0.6) is 0 Å². The molecular weight excluding hydrogens is 198 g/mol. The molecule has 0 aliphatic rings. The maximum Gasteiger partial charge on any atom is 0.129 e. The Labute approximate surface area is 88.9 Å². The van der Waals surface area contributed by atoms with E-state index in [-0.39, 0.29) is 0 Å². The number of aromatic nitrogens is 2. The molecule has 0 spiro atoms. The molecule has 0 radical (unpaired) electrons. The summed E-state index contributed by atoms with van der Waals surface area (Å²) < 4.78 is 9.12. The number of nitrogens with one attached hydrogen (secondary N) is 1. The lowest BCUT2D eigenvalue weighted by Gasteiger charge is -2.15.